The van der Waals surface area contributed by atoms with Gasteiger partial charge in [0.05, 0.1) is 16.6 Å². The number of hydrogen-bond donors (Lipinski definition) is 0. The fraction of sp³-hybridized carbons (Fsp3) is 0.0938. The SMILES string of the molecule is CN(C)c1cccc(-c2cccc(-c3ccc4c5c6ccccc6c6ccccc6c5n(C)c4c3)c2)c1.CN(C)c1cccc(-c2cccc(-c3ccc4c5ccc6ccccc6c5n(C)c4c3)c2)c1.CN(C)c1ccccc1-c1cccc(-c2ccc3c(c2)c2c4ccccc4ccc2n3C)c1.CN(C)c1ccccc1-c1cccc(-c2ccc3c(c2)c2ccc4ccccc4c2n3C)c1. The Morgan fingerprint density at radius 2 is 0.463 bits per heavy atom. The number of rotatable bonds is 12. The van der Waals surface area contributed by atoms with E-state index in [9.17, 15) is 0 Å². The van der Waals surface area contributed by atoms with Gasteiger partial charge < -0.3 is 37.9 Å². The molecule has 0 aliphatic rings. The first kappa shape index (κ1) is 84.8. The van der Waals surface area contributed by atoms with Crippen molar-refractivity contribution in [3.05, 3.63) is 425 Å². The molecule has 0 aliphatic carbocycles. The standard InChI is InChI=1S/C35H28N2.3C31H26N2/c1-36(2)27-13-9-12-25(21-27)23-10-8-11-24(20-23)26-18-19-32-33(22-26)37(3)35-31-17-7-5-15-29(31)28-14-4-6-16-30(28)34(32)35;1-32(2)26-12-7-11-24(19-26)22-9-6-10-23(18-22)25-15-16-28-29-17-14-21-8-4-5-13-27(21)31(29)33(3)30(28)20-25;1-32(2)28-14-7-6-12-25(28)24-11-8-10-22(19-24)23-16-17-29-27(20-23)31-26-13-5-4-9-21(26)15-18-30(31)33(29)3;1-32(2)29-14-7-6-12-25(29)24-11-8-10-22(19-24)23-16-18-30-28(20-23)27-17-15-21-9-4-5-13-26(21)31(27)33(30)3/h4-22H,1-3H3;3*4-20H,1-3H3. The first-order chi connectivity index (χ1) is 66.4. The molecule has 4 heterocycles. The second-order valence-electron chi connectivity index (χ2n) is 37.1. The molecule has 0 spiro atoms. The first-order valence-electron chi connectivity index (χ1n) is 47.0. The van der Waals surface area contributed by atoms with E-state index >= 15 is 0 Å². The van der Waals surface area contributed by atoms with Crippen LogP contribution in [0.5, 0.6) is 0 Å². The molecule has 4 aromatic heterocycles. The molecule has 0 amide bonds. The number of fused-ring (bicyclic) bond motifs is 23. The summed E-state index contributed by atoms with van der Waals surface area (Å²) in [7, 11) is 25.5. The van der Waals surface area contributed by atoms with Crippen LogP contribution < -0.4 is 19.6 Å². The van der Waals surface area contributed by atoms with Crippen molar-refractivity contribution >= 4 is 164 Å². The monoisotopic (exact) mass is 1750 g/mol. The topological polar surface area (TPSA) is 32.7 Å². The Morgan fingerprint density at radius 1 is 0.154 bits per heavy atom. The summed E-state index contributed by atoms with van der Waals surface area (Å²) in [5.41, 5.74) is 34.9. The third-order valence-electron chi connectivity index (χ3n) is 28.1. The maximum absolute atomic E-state index is 2.38. The molecule has 0 saturated carbocycles. The van der Waals surface area contributed by atoms with E-state index < -0.39 is 0 Å². The Hall–Kier alpha value is -16.7. The summed E-state index contributed by atoms with van der Waals surface area (Å²) < 4.78 is 9.37. The molecule has 25 aromatic rings. The highest BCUT2D eigenvalue weighted by molar-refractivity contribution is 6.32. The van der Waals surface area contributed by atoms with Gasteiger partial charge in [0.15, 0.2) is 0 Å². The highest BCUT2D eigenvalue weighted by atomic mass is 15.1. The van der Waals surface area contributed by atoms with E-state index in [2.05, 4.69) is 547 Å². The number of aromatic nitrogens is 4. The summed E-state index contributed by atoms with van der Waals surface area (Å²) in [6.07, 6.45) is 0. The molecule has 0 aliphatic heterocycles. The minimum absolute atomic E-state index is 1.21. The van der Waals surface area contributed by atoms with Gasteiger partial charge in [-0.05, 0) is 219 Å². The molecule has 658 valence electrons. The van der Waals surface area contributed by atoms with Gasteiger partial charge in [-0.2, -0.15) is 0 Å². The van der Waals surface area contributed by atoms with Crippen molar-refractivity contribution in [1.82, 2.24) is 18.3 Å². The highest BCUT2D eigenvalue weighted by Gasteiger charge is 2.22. The van der Waals surface area contributed by atoms with Gasteiger partial charge in [-0.3, -0.25) is 0 Å². The third kappa shape index (κ3) is 15.2. The van der Waals surface area contributed by atoms with Gasteiger partial charge in [0.1, 0.15) is 0 Å². The van der Waals surface area contributed by atoms with Crippen LogP contribution in [-0.4, -0.2) is 74.6 Å². The number of nitrogens with zero attached hydrogens (tertiary/aromatic N) is 8. The fourth-order valence-corrected chi connectivity index (χ4v) is 21.2. The van der Waals surface area contributed by atoms with Crippen LogP contribution in [0.25, 0.3) is 230 Å². The van der Waals surface area contributed by atoms with E-state index in [0.717, 1.165) is 0 Å². The summed E-state index contributed by atoms with van der Waals surface area (Å²) in [4.78, 5) is 8.64. The minimum atomic E-state index is 1.21. The lowest BCUT2D eigenvalue weighted by Crippen LogP contribution is -2.09. The molecule has 0 atom stereocenters. The normalized spacial score (nSPS) is 11.5. The second-order valence-corrected chi connectivity index (χ2v) is 37.1. The average Bonchev–Trinajstić information content (AvgIpc) is 1.56. The van der Waals surface area contributed by atoms with Crippen molar-refractivity contribution in [2.75, 3.05) is 76.0 Å². The van der Waals surface area contributed by atoms with E-state index in [4.69, 9.17) is 0 Å². The highest BCUT2D eigenvalue weighted by Crippen LogP contribution is 2.46. The van der Waals surface area contributed by atoms with Crippen molar-refractivity contribution in [2.45, 2.75) is 0 Å². The Kier molecular flexibility index (Phi) is 21.9. The Bertz CT molecular complexity index is 9010. The van der Waals surface area contributed by atoms with Crippen molar-refractivity contribution in [1.29, 1.82) is 0 Å². The number of hydrogen-bond acceptors (Lipinski definition) is 4. The molecule has 0 fully saturated rings. The molecule has 0 bridgehead atoms. The quantitative estimate of drug-likeness (QED) is 0.114. The summed E-state index contributed by atoms with van der Waals surface area (Å²) >= 11 is 0. The molecule has 25 rings (SSSR count). The molecule has 8 nitrogen and oxygen atoms in total. The second kappa shape index (κ2) is 35.1. The smallest absolute Gasteiger partial charge is 0.0574 e. The number of aryl methyl sites for hydroxylation is 4. The number of anilines is 4. The maximum Gasteiger partial charge on any atom is 0.0574 e. The molecule has 0 N–H and O–H groups in total. The van der Waals surface area contributed by atoms with E-state index in [1.165, 1.54) is 253 Å². The Labute approximate surface area is 794 Å². The zero-order valence-electron chi connectivity index (χ0n) is 79.0. The van der Waals surface area contributed by atoms with Crippen LogP contribution in [0.2, 0.25) is 0 Å². The van der Waals surface area contributed by atoms with Crippen LogP contribution in [-0.2, 0) is 28.2 Å². The van der Waals surface area contributed by atoms with Crippen molar-refractivity contribution in [3.8, 4) is 89.0 Å². The van der Waals surface area contributed by atoms with Gasteiger partial charge in [-0.1, -0.05) is 322 Å². The Balaban J connectivity index is 0.000000105. The van der Waals surface area contributed by atoms with Gasteiger partial charge in [0.2, 0.25) is 0 Å². The zero-order valence-corrected chi connectivity index (χ0v) is 79.0. The van der Waals surface area contributed by atoms with Crippen molar-refractivity contribution in [3.63, 3.8) is 0 Å². The van der Waals surface area contributed by atoms with Crippen LogP contribution in [0.1, 0.15) is 0 Å². The van der Waals surface area contributed by atoms with Crippen LogP contribution in [0.15, 0.2) is 425 Å². The van der Waals surface area contributed by atoms with E-state index in [-0.39, 0.29) is 0 Å². The Morgan fingerprint density at radius 3 is 0.956 bits per heavy atom. The molecular weight excluding hydrogens is 1650 g/mol. The molecule has 8 heteroatoms. The summed E-state index contributed by atoms with van der Waals surface area (Å²) in [5, 5.41) is 23.5. The van der Waals surface area contributed by atoms with Crippen LogP contribution in [0, 0.1) is 0 Å². The molecular formula is C128H106N8. The van der Waals surface area contributed by atoms with E-state index in [1.807, 2.05) is 0 Å². The van der Waals surface area contributed by atoms with Gasteiger partial charge in [0.25, 0.3) is 0 Å². The number of benzene rings is 21. The predicted molar refractivity (Wildman–Crippen MR) is 590 cm³/mol. The lowest BCUT2D eigenvalue weighted by molar-refractivity contribution is 1.01. The number of para-hydroxylation sites is 2. The first-order valence-corrected chi connectivity index (χ1v) is 47.0. The molecule has 136 heavy (non-hydrogen) atoms. The van der Waals surface area contributed by atoms with Crippen LogP contribution in [0.3, 0.4) is 0 Å². The van der Waals surface area contributed by atoms with Crippen LogP contribution in [0.4, 0.5) is 22.7 Å². The molecule has 0 unspecified atom stereocenters. The molecule has 0 saturated heterocycles. The van der Waals surface area contributed by atoms with Crippen molar-refractivity contribution < 1.29 is 0 Å². The van der Waals surface area contributed by atoms with Gasteiger partial charge in [-0.15, -0.1) is 0 Å². The fourth-order valence-electron chi connectivity index (χ4n) is 21.2. The minimum Gasteiger partial charge on any atom is -0.378 e. The van der Waals surface area contributed by atoms with Gasteiger partial charge >= 0.3 is 0 Å². The largest absolute Gasteiger partial charge is 0.378 e. The summed E-state index contributed by atoms with van der Waals surface area (Å²) in [6.45, 7) is 0. The lowest BCUT2D eigenvalue weighted by Gasteiger charge is -2.18. The van der Waals surface area contributed by atoms with E-state index in [1.54, 1.807) is 0 Å². The molecule has 0 radical (unpaired) electrons. The van der Waals surface area contributed by atoms with Gasteiger partial charge in [0, 0.05) is 205 Å². The lowest BCUT2D eigenvalue weighted by atomic mass is 9.95. The zero-order chi connectivity index (χ0) is 92.7. The van der Waals surface area contributed by atoms with E-state index in [0.29, 0.717) is 0 Å². The summed E-state index contributed by atoms with van der Waals surface area (Å²) in [5.74, 6) is 0. The predicted octanol–water partition coefficient (Wildman–Crippen LogP) is 32.7. The van der Waals surface area contributed by atoms with Crippen LogP contribution >= 0.6 is 0 Å². The third-order valence-corrected chi connectivity index (χ3v) is 28.1. The maximum atomic E-state index is 2.38. The summed E-state index contributed by atoms with van der Waals surface area (Å²) in [6, 6.07) is 155. The van der Waals surface area contributed by atoms with Gasteiger partial charge in [-0.25, -0.2) is 0 Å². The average molecular weight is 1760 g/mol. The van der Waals surface area contributed by atoms with Crippen molar-refractivity contribution in [2.24, 2.45) is 28.2 Å². The molecule has 21 aromatic carbocycles.